The van der Waals surface area contributed by atoms with Crippen LogP contribution in [0.4, 0.5) is 0 Å². The zero-order valence-corrected chi connectivity index (χ0v) is 8.80. The second kappa shape index (κ2) is 4.45. The minimum atomic E-state index is -0.915. The Morgan fingerprint density at radius 3 is 2.69 bits per heavy atom. The number of likely N-dealkylation sites (tertiary alicyclic amines) is 1. The molecule has 0 saturated carbocycles. The lowest BCUT2D eigenvalue weighted by molar-refractivity contribution is -0.142. The number of Topliss-reactive ketones (excluding diaryl/α,β-unsaturated/α-hetero) is 1. The van der Waals surface area contributed by atoms with E-state index in [2.05, 4.69) is 0 Å². The first-order valence-electron chi connectivity index (χ1n) is 5.19. The summed E-state index contributed by atoms with van der Waals surface area (Å²) in [5.41, 5.74) is 1.03. The molecule has 1 fully saturated rings. The van der Waals surface area contributed by atoms with Gasteiger partial charge in [0, 0.05) is 13.0 Å². The molecule has 84 valence electrons. The lowest BCUT2D eigenvalue weighted by Crippen LogP contribution is -2.35. The molecule has 0 spiro atoms. The maximum atomic E-state index is 11.3. The highest BCUT2D eigenvalue weighted by molar-refractivity contribution is 5.90. The molecule has 0 aromatic heterocycles. The van der Waals surface area contributed by atoms with Crippen LogP contribution >= 0.6 is 0 Å². The Balaban J connectivity index is 2.09. The Labute approximate surface area is 93.5 Å². The maximum Gasteiger partial charge on any atom is 0.321 e. The van der Waals surface area contributed by atoms with Gasteiger partial charge >= 0.3 is 5.97 Å². The lowest BCUT2D eigenvalue weighted by atomic mass is 10.2. The number of aliphatic carboxylic acids is 1. The number of carbonyl (C=O) groups is 2. The average Bonchev–Trinajstić information content (AvgIpc) is 2.61. The van der Waals surface area contributed by atoms with E-state index in [-0.39, 0.29) is 18.7 Å². The van der Waals surface area contributed by atoms with Gasteiger partial charge in [-0.15, -0.1) is 0 Å². The molecular weight excluding hydrogens is 206 g/mol. The van der Waals surface area contributed by atoms with Crippen LogP contribution in [-0.2, 0) is 16.1 Å². The molecule has 16 heavy (non-hydrogen) atoms. The highest BCUT2D eigenvalue weighted by Crippen LogP contribution is 2.17. The number of carboxylic acids is 1. The van der Waals surface area contributed by atoms with E-state index in [4.69, 9.17) is 5.11 Å². The second-order valence-corrected chi connectivity index (χ2v) is 3.99. The van der Waals surface area contributed by atoms with E-state index in [0.717, 1.165) is 5.56 Å². The van der Waals surface area contributed by atoms with E-state index < -0.39 is 12.0 Å². The number of rotatable bonds is 3. The first-order chi connectivity index (χ1) is 7.66. The van der Waals surface area contributed by atoms with Crippen molar-refractivity contribution in [3.8, 4) is 0 Å². The highest BCUT2D eigenvalue weighted by atomic mass is 16.4. The number of hydrogen-bond donors (Lipinski definition) is 1. The van der Waals surface area contributed by atoms with Gasteiger partial charge in [0.2, 0.25) is 0 Å². The summed E-state index contributed by atoms with van der Waals surface area (Å²) in [5.74, 6) is -0.912. The fourth-order valence-electron chi connectivity index (χ4n) is 1.97. The summed E-state index contributed by atoms with van der Waals surface area (Å²) < 4.78 is 0. The molecule has 1 aliphatic heterocycles. The van der Waals surface area contributed by atoms with Gasteiger partial charge in [-0.05, 0) is 5.56 Å². The number of benzene rings is 1. The standard InChI is InChI=1S/C12H13NO3/c14-10-6-11(12(15)16)13(8-10)7-9-4-2-1-3-5-9/h1-5,11H,6-8H2,(H,15,16)/t11-/m0/s1. The van der Waals surface area contributed by atoms with Gasteiger partial charge < -0.3 is 5.11 Å². The van der Waals surface area contributed by atoms with Crippen molar-refractivity contribution in [1.82, 2.24) is 4.90 Å². The number of hydrogen-bond acceptors (Lipinski definition) is 3. The van der Waals surface area contributed by atoms with Gasteiger partial charge in [0.25, 0.3) is 0 Å². The van der Waals surface area contributed by atoms with E-state index in [1.54, 1.807) is 4.90 Å². The summed E-state index contributed by atoms with van der Waals surface area (Å²) in [5, 5.41) is 8.99. The Hall–Kier alpha value is -1.68. The summed E-state index contributed by atoms with van der Waals surface area (Å²) in [4.78, 5) is 23.9. The van der Waals surface area contributed by atoms with Gasteiger partial charge in [-0.2, -0.15) is 0 Å². The molecule has 4 heteroatoms. The van der Waals surface area contributed by atoms with Gasteiger partial charge in [-0.1, -0.05) is 30.3 Å². The minimum absolute atomic E-state index is 0.00308. The Bertz CT molecular complexity index is 402. The van der Waals surface area contributed by atoms with Gasteiger partial charge in [0.05, 0.1) is 6.54 Å². The van der Waals surface area contributed by atoms with Crippen LogP contribution in [0.5, 0.6) is 0 Å². The smallest absolute Gasteiger partial charge is 0.321 e. The predicted molar refractivity (Wildman–Crippen MR) is 57.9 cm³/mol. The molecular formula is C12H13NO3. The zero-order valence-electron chi connectivity index (χ0n) is 8.80. The molecule has 0 radical (unpaired) electrons. The van der Waals surface area contributed by atoms with Crippen LogP contribution in [0.15, 0.2) is 30.3 Å². The third kappa shape index (κ3) is 2.28. The number of carboxylic acid groups (broad SMARTS) is 1. The number of ketones is 1. The van der Waals surface area contributed by atoms with Crippen LogP contribution in [0, 0.1) is 0 Å². The van der Waals surface area contributed by atoms with E-state index in [9.17, 15) is 9.59 Å². The predicted octanol–water partition coefficient (Wildman–Crippen LogP) is 0.915. The summed E-state index contributed by atoms with van der Waals surface area (Å²) in [6, 6.07) is 8.93. The second-order valence-electron chi connectivity index (χ2n) is 3.99. The summed E-state index contributed by atoms with van der Waals surface area (Å²) in [7, 11) is 0. The van der Waals surface area contributed by atoms with Gasteiger partial charge in [0.15, 0.2) is 0 Å². The molecule has 0 bridgehead atoms. The Morgan fingerprint density at radius 1 is 1.38 bits per heavy atom. The molecule has 1 aliphatic rings. The van der Waals surface area contributed by atoms with Crippen LogP contribution in [0.2, 0.25) is 0 Å². The molecule has 0 unspecified atom stereocenters. The SMILES string of the molecule is O=C1C[C@@H](C(=O)O)N(Cc2ccccc2)C1. The first-order valence-corrected chi connectivity index (χ1v) is 5.19. The van der Waals surface area contributed by atoms with Gasteiger partial charge in [0.1, 0.15) is 11.8 Å². The summed E-state index contributed by atoms with van der Waals surface area (Å²) >= 11 is 0. The quantitative estimate of drug-likeness (QED) is 0.821. The Kier molecular flexibility index (Phi) is 3.01. The van der Waals surface area contributed by atoms with E-state index >= 15 is 0 Å². The molecule has 4 nitrogen and oxygen atoms in total. The zero-order chi connectivity index (χ0) is 11.5. The number of carbonyl (C=O) groups excluding carboxylic acids is 1. The largest absolute Gasteiger partial charge is 0.480 e. The van der Waals surface area contributed by atoms with Crippen LogP contribution in [0.25, 0.3) is 0 Å². The normalized spacial score (nSPS) is 21.2. The third-order valence-electron chi connectivity index (χ3n) is 2.75. The van der Waals surface area contributed by atoms with E-state index in [1.807, 2.05) is 30.3 Å². The van der Waals surface area contributed by atoms with Crippen molar-refractivity contribution < 1.29 is 14.7 Å². The van der Waals surface area contributed by atoms with Crippen molar-refractivity contribution in [1.29, 1.82) is 0 Å². The molecule has 1 aromatic carbocycles. The first kappa shape index (κ1) is 10.8. The molecule has 1 heterocycles. The van der Waals surface area contributed by atoms with Crippen LogP contribution < -0.4 is 0 Å². The van der Waals surface area contributed by atoms with Crippen molar-refractivity contribution in [2.75, 3.05) is 6.54 Å². The van der Waals surface area contributed by atoms with Gasteiger partial charge in [-0.25, -0.2) is 0 Å². The van der Waals surface area contributed by atoms with Crippen molar-refractivity contribution in [2.24, 2.45) is 0 Å². The lowest BCUT2D eigenvalue weighted by Gasteiger charge is -2.19. The van der Waals surface area contributed by atoms with Crippen molar-refractivity contribution in [3.63, 3.8) is 0 Å². The van der Waals surface area contributed by atoms with Crippen LogP contribution in [0.1, 0.15) is 12.0 Å². The number of nitrogens with zero attached hydrogens (tertiary/aromatic N) is 1. The molecule has 2 rings (SSSR count). The molecule has 1 saturated heterocycles. The Morgan fingerprint density at radius 2 is 2.06 bits per heavy atom. The maximum absolute atomic E-state index is 11.3. The summed E-state index contributed by atoms with van der Waals surface area (Å²) in [6.45, 7) is 0.759. The van der Waals surface area contributed by atoms with Crippen molar-refractivity contribution >= 4 is 11.8 Å². The van der Waals surface area contributed by atoms with Crippen molar-refractivity contribution in [3.05, 3.63) is 35.9 Å². The summed E-state index contributed by atoms with van der Waals surface area (Å²) in [6.07, 6.45) is 0.127. The minimum Gasteiger partial charge on any atom is -0.480 e. The molecule has 1 N–H and O–H groups in total. The fourth-order valence-corrected chi connectivity index (χ4v) is 1.97. The average molecular weight is 219 g/mol. The third-order valence-corrected chi connectivity index (χ3v) is 2.75. The molecule has 1 aromatic rings. The fraction of sp³-hybridized carbons (Fsp3) is 0.333. The molecule has 0 aliphatic carbocycles. The topological polar surface area (TPSA) is 57.6 Å². The highest BCUT2D eigenvalue weighted by Gasteiger charge is 2.35. The van der Waals surface area contributed by atoms with E-state index in [1.165, 1.54) is 0 Å². The van der Waals surface area contributed by atoms with Crippen molar-refractivity contribution in [2.45, 2.75) is 19.0 Å². The molecule has 1 atom stereocenters. The van der Waals surface area contributed by atoms with Crippen LogP contribution in [0.3, 0.4) is 0 Å². The van der Waals surface area contributed by atoms with Gasteiger partial charge in [-0.3, -0.25) is 14.5 Å². The van der Waals surface area contributed by atoms with Crippen LogP contribution in [-0.4, -0.2) is 34.3 Å². The van der Waals surface area contributed by atoms with E-state index in [0.29, 0.717) is 6.54 Å². The monoisotopic (exact) mass is 219 g/mol. The molecule has 0 amide bonds.